The van der Waals surface area contributed by atoms with Crippen molar-refractivity contribution in [3.63, 3.8) is 0 Å². The largest absolute Gasteiger partial charge is 0.497 e. The van der Waals surface area contributed by atoms with Crippen molar-refractivity contribution in [1.82, 2.24) is 4.57 Å². The third kappa shape index (κ3) is 2.75. The van der Waals surface area contributed by atoms with Crippen LogP contribution in [0.4, 0.5) is 0 Å². The van der Waals surface area contributed by atoms with Gasteiger partial charge in [0, 0.05) is 5.38 Å². The molecular weight excluding hydrogens is 322 g/mol. The van der Waals surface area contributed by atoms with Gasteiger partial charge in [0.1, 0.15) is 5.75 Å². The van der Waals surface area contributed by atoms with Gasteiger partial charge in [0.25, 0.3) is 0 Å². The molecule has 0 spiro atoms. The monoisotopic (exact) mass is 333 g/mol. The summed E-state index contributed by atoms with van der Waals surface area (Å²) in [5, 5.41) is 2.73. The van der Waals surface area contributed by atoms with Gasteiger partial charge in [0.05, 0.1) is 23.5 Å². The highest BCUT2D eigenvalue weighted by Gasteiger charge is 2.11. The second-order valence-corrected chi connectivity index (χ2v) is 6.31. The molecule has 0 bridgehead atoms. The molecule has 0 N–H and O–H groups in total. The first-order valence-corrected chi connectivity index (χ1v) is 7.97. The lowest BCUT2D eigenvalue weighted by atomic mass is 10.1. The Bertz CT molecular complexity index is 821. The minimum atomic E-state index is 0.682. The molecule has 0 aliphatic rings. The van der Waals surface area contributed by atoms with Crippen LogP contribution in [0.3, 0.4) is 0 Å². The molecule has 21 heavy (non-hydrogen) atoms. The maximum Gasteiger partial charge on any atom is 0.166 e. The standard InChI is InChI=1S/C16H12ClNOS2/c1-19-12-8-6-11(7-9-12)15-10-21-16(20)18(15)14-5-3-2-4-13(14)17/h2-10H,1H3. The molecular formula is C16H12ClNOS2. The van der Waals surface area contributed by atoms with E-state index in [0.717, 1.165) is 26.6 Å². The molecule has 1 aromatic heterocycles. The number of halogens is 1. The Hall–Kier alpha value is -1.62. The Kier molecular flexibility index (Phi) is 4.10. The van der Waals surface area contributed by atoms with Crippen molar-refractivity contribution in [2.45, 2.75) is 0 Å². The summed E-state index contributed by atoms with van der Waals surface area (Å²) in [5.41, 5.74) is 3.00. The number of thiazole rings is 1. The van der Waals surface area contributed by atoms with Crippen LogP contribution in [0.25, 0.3) is 16.9 Å². The van der Waals surface area contributed by atoms with E-state index in [1.807, 2.05) is 58.5 Å². The third-order valence-corrected chi connectivity index (χ3v) is 4.69. The maximum atomic E-state index is 6.31. The number of ether oxygens (including phenoxy) is 1. The van der Waals surface area contributed by atoms with Crippen molar-refractivity contribution < 1.29 is 4.74 Å². The molecule has 0 aliphatic carbocycles. The number of hydrogen-bond acceptors (Lipinski definition) is 3. The van der Waals surface area contributed by atoms with E-state index < -0.39 is 0 Å². The first kappa shape index (κ1) is 14.3. The van der Waals surface area contributed by atoms with Gasteiger partial charge in [-0.05, 0) is 54.2 Å². The smallest absolute Gasteiger partial charge is 0.166 e. The molecule has 106 valence electrons. The second kappa shape index (κ2) is 6.02. The molecule has 0 aliphatic heterocycles. The lowest BCUT2D eigenvalue weighted by Gasteiger charge is -2.11. The number of methoxy groups -OCH3 is 1. The highest BCUT2D eigenvalue weighted by atomic mass is 35.5. The van der Waals surface area contributed by atoms with E-state index in [9.17, 15) is 0 Å². The molecule has 0 unspecified atom stereocenters. The Morgan fingerprint density at radius 1 is 1.10 bits per heavy atom. The summed E-state index contributed by atoms with van der Waals surface area (Å²) in [5.74, 6) is 0.830. The first-order chi connectivity index (χ1) is 10.2. The van der Waals surface area contributed by atoms with Crippen molar-refractivity contribution >= 4 is 35.2 Å². The molecule has 0 atom stereocenters. The third-order valence-electron chi connectivity index (χ3n) is 3.17. The van der Waals surface area contributed by atoms with Crippen molar-refractivity contribution in [3.05, 3.63) is 62.9 Å². The molecule has 0 saturated carbocycles. The SMILES string of the molecule is COc1ccc(-c2csc(=S)n2-c2ccccc2Cl)cc1. The van der Waals surface area contributed by atoms with Crippen molar-refractivity contribution in [2.75, 3.05) is 7.11 Å². The van der Waals surface area contributed by atoms with Crippen LogP contribution < -0.4 is 4.74 Å². The van der Waals surface area contributed by atoms with Crippen LogP contribution >= 0.6 is 35.2 Å². The number of para-hydroxylation sites is 1. The van der Waals surface area contributed by atoms with Gasteiger partial charge < -0.3 is 4.74 Å². The summed E-state index contributed by atoms with van der Waals surface area (Å²) < 4.78 is 7.97. The van der Waals surface area contributed by atoms with Crippen LogP contribution in [0.5, 0.6) is 5.75 Å². The molecule has 5 heteroatoms. The van der Waals surface area contributed by atoms with Crippen LogP contribution in [0, 0.1) is 3.95 Å². The van der Waals surface area contributed by atoms with Gasteiger partial charge in [-0.2, -0.15) is 0 Å². The fraction of sp³-hybridized carbons (Fsp3) is 0.0625. The molecule has 2 nitrogen and oxygen atoms in total. The van der Waals surface area contributed by atoms with Crippen molar-refractivity contribution in [2.24, 2.45) is 0 Å². The molecule has 0 radical (unpaired) electrons. The number of hydrogen-bond donors (Lipinski definition) is 0. The molecule has 3 aromatic rings. The van der Waals surface area contributed by atoms with Gasteiger partial charge in [-0.25, -0.2) is 0 Å². The topological polar surface area (TPSA) is 14.2 Å². The summed E-state index contributed by atoms with van der Waals surface area (Å²) >= 11 is 13.3. The zero-order chi connectivity index (χ0) is 14.8. The minimum Gasteiger partial charge on any atom is -0.497 e. The van der Waals surface area contributed by atoms with Crippen LogP contribution in [-0.4, -0.2) is 11.7 Å². The summed E-state index contributed by atoms with van der Waals surface area (Å²) in [7, 11) is 1.66. The van der Waals surface area contributed by atoms with Gasteiger partial charge in [-0.15, -0.1) is 11.3 Å². The number of aromatic nitrogens is 1. The second-order valence-electron chi connectivity index (χ2n) is 4.40. The van der Waals surface area contributed by atoms with Gasteiger partial charge in [0.15, 0.2) is 3.95 Å². The van der Waals surface area contributed by atoms with Crippen LogP contribution in [0.2, 0.25) is 5.02 Å². The Labute approximate surface area is 137 Å². The van der Waals surface area contributed by atoms with E-state index in [1.165, 1.54) is 11.3 Å². The lowest BCUT2D eigenvalue weighted by molar-refractivity contribution is 0.415. The number of rotatable bonds is 3. The predicted molar refractivity (Wildman–Crippen MR) is 91.5 cm³/mol. The number of benzene rings is 2. The average Bonchev–Trinajstić information content (AvgIpc) is 2.89. The van der Waals surface area contributed by atoms with Gasteiger partial charge >= 0.3 is 0 Å². The Balaban J connectivity index is 2.17. The van der Waals surface area contributed by atoms with Crippen LogP contribution in [-0.2, 0) is 0 Å². The first-order valence-electron chi connectivity index (χ1n) is 6.30. The van der Waals surface area contributed by atoms with E-state index >= 15 is 0 Å². The van der Waals surface area contributed by atoms with E-state index in [2.05, 4.69) is 0 Å². The average molecular weight is 334 g/mol. The normalized spacial score (nSPS) is 10.6. The summed E-state index contributed by atoms with van der Waals surface area (Å²) in [6, 6.07) is 15.6. The molecule has 1 heterocycles. The molecule has 0 saturated heterocycles. The predicted octanol–water partition coefficient (Wildman–Crippen LogP) is 5.60. The summed E-state index contributed by atoms with van der Waals surface area (Å²) in [4.78, 5) is 0. The molecule has 0 fully saturated rings. The van der Waals surface area contributed by atoms with Gasteiger partial charge in [0.2, 0.25) is 0 Å². The minimum absolute atomic E-state index is 0.682. The lowest BCUT2D eigenvalue weighted by Crippen LogP contribution is -1.97. The summed E-state index contributed by atoms with van der Waals surface area (Å²) in [6.07, 6.45) is 0. The van der Waals surface area contributed by atoms with E-state index in [0.29, 0.717) is 5.02 Å². The van der Waals surface area contributed by atoms with Crippen LogP contribution in [0.1, 0.15) is 0 Å². The van der Waals surface area contributed by atoms with Gasteiger partial charge in [-0.1, -0.05) is 23.7 Å². The van der Waals surface area contributed by atoms with E-state index in [1.54, 1.807) is 7.11 Å². The van der Waals surface area contributed by atoms with Gasteiger partial charge in [-0.3, -0.25) is 4.57 Å². The highest BCUT2D eigenvalue weighted by Crippen LogP contribution is 2.31. The quantitative estimate of drug-likeness (QED) is 0.579. The fourth-order valence-electron chi connectivity index (χ4n) is 2.13. The number of nitrogens with zero attached hydrogens (tertiary/aromatic N) is 1. The Morgan fingerprint density at radius 3 is 2.48 bits per heavy atom. The van der Waals surface area contributed by atoms with Crippen molar-refractivity contribution in [1.29, 1.82) is 0 Å². The zero-order valence-corrected chi connectivity index (χ0v) is 13.6. The molecule has 0 amide bonds. The highest BCUT2D eigenvalue weighted by molar-refractivity contribution is 7.73. The van der Waals surface area contributed by atoms with Crippen molar-refractivity contribution in [3.8, 4) is 22.7 Å². The fourth-order valence-corrected chi connectivity index (χ4v) is 3.45. The Morgan fingerprint density at radius 2 is 1.81 bits per heavy atom. The van der Waals surface area contributed by atoms with E-state index in [-0.39, 0.29) is 0 Å². The molecule has 3 rings (SSSR count). The van der Waals surface area contributed by atoms with E-state index in [4.69, 9.17) is 28.6 Å². The zero-order valence-electron chi connectivity index (χ0n) is 11.2. The maximum absolute atomic E-state index is 6.31. The molecule has 2 aromatic carbocycles. The summed E-state index contributed by atoms with van der Waals surface area (Å²) in [6.45, 7) is 0. The van der Waals surface area contributed by atoms with Crippen LogP contribution in [0.15, 0.2) is 53.9 Å².